The minimum absolute atomic E-state index is 0.212. The number of nitrogens with one attached hydrogen (secondary N) is 2. The summed E-state index contributed by atoms with van der Waals surface area (Å²) >= 11 is 16.7. The van der Waals surface area contributed by atoms with Crippen LogP contribution in [0, 0.1) is 0 Å². The fraction of sp³-hybridized carbons (Fsp3) is 0.231. The normalized spacial score (nSPS) is 14.5. The van der Waals surface area contributed by atoms with Gasteiger partial charge >= 0.3 is 0 Å². The molecule has 0 bridgehead atoms. The molecule has 9 heteroatoms. The Morgan fingerprint density at radius 2 is 2.05 bits per heavy atom. The average Bonchev–Trinajstić information content (AvgIpc) is 3.05. The van der Waals surface area contributed by atoms with Gasteiger partial charge < -0.3 is 0 Å². The van der Waals surface area contributed by atoms with E-state index < -0.39 is 0 Å². The fourth-order valence-corrected chi connectivity index (χ4v) is 2.94. The first-order valence-electron chi connectivity index (χ1n) is 6.59. The van der Waals surface area contributed by atoms with Gasteiger partial charge in [0.25, 0.3) is 0 Å². The van der Waals surface area contributed by atoms with Crippen molar-refractivity contribution in [2.75, 3.05) is 0 Å². The van der Waals surface area contributed by atoms with Crippen molar-refractivity contribution in [1.29, 1.82) is 0 Å². The highest BCUT2D eigenvalue weighted by atomic mass is 35.5. The van der Waals surface area contributed by atoms with Crippen LogP contribution in [0.3, 0.4) is 0 Å². The lowest BCUT2D eigenvalue weighted by molar-refractivity contribution is 0.246. The zero-order valence-electron chi connectivity index (χ0n) is 11.9. The molecule has 2 N–H and O–H groups in total. The van der Waals surface area contributed by atoms with Crippen LogP contribution in [0.5, 0.6) is 0 Å². The summed E-state index contributed by atoms with van der Waals surface area (Å²) in [4.78, 5) is 0. The van der Waals surface area contributed by atoms with Crippen LogP contribution >= 0.6 is 35.8 Å². The average molecular weight is 357 g/mol. The van der Waals surface area contributed by atoms with Gasteiger partial charge in [-0.05, 0) is 32.0 Å². The number of aromatic nitrogens is 2. The van der Waals surface area contributed by atoms with Crippen LogP contribution in [0.2, 0.25) is 10.0 Å². The van der Waals surface area contributed by atoms with Gasteiger partial charge in [-0.3, -0.25) is 5.01 Å². The van der Waals surface area contributed by atoms with Crippen LogP contribution in [-0.2, 0) is 0 Å². The Morgan fingerprint density at radius 3 is 2.73 bits per heavy atom. The number of benzene rings is 1. The lowest BCUT2D eigenvalue weighted by Gasteiger charge is -2.22. The number of halogens is 2. The predicted octanol–water partition coefficient (Wildman–Crippen LogP) is 2.86. The Bertz CT molecular complexity index is 742. The molecule has 1 aliphatic rings. The number of hydrogen-bond acceptors (Lipinski definition) is 6. The quantitative estimate of drug-likeness (QED) is 0.740. The van der Waals surface area contributed by atoms with Gasteiger partial charge in [0.1, 0.15) is 5.03 Å². The highest BCUT2D eigenvalue weighted by molar-refractivity contribution is 7.80. The van der Waals surface area contributed by atoms with Crippen LogP contribution < -0.4 is 11.1 Å². The Hall–Kier alpha value is -1.41. The maximum atomic E-state index is 6.24. The van der Waals surface area contributed by atoms with E-state index in [4.69, 9.17) is 23.2 Å². The van der Waals surface area contributed by atoms with Crippen molar-refractivity contribution in [1.82, 2.24) is 25.9 Å². The molecule has 0 spiro atoms. The molecule has 0 saturated carbocycles. The molecule has 3 rings (SSSR count). The molecule has 0 fully saturated rings. The molecule has 1 aliphatic heterocycles. The van der Waals surface area contributed by atoms with Gasteiger partial charge in [0, 0.05) is 11.1 Å². The van der Waals surface area contributed by atoms with Gasteiger partial charge in [-0.15, -0.1) is 23.3 Å². The molecule has 6 nitrogen and oxygen atoms in total. The zero-order chi connectivity index (χ0) is 15.9. The third kappa shape index (κ3) is 2.65. The van der Waals surface area contributed by atoms with Crippen molar-refractivity contribution >= 4 is 41.7 Å². The molecule has 0 aliphatic carbocycles. The third-order valence-corrected chi connectivity index (χ3v) is 4.17. The van der Waals surface area contributed by atoms with Gasteiger partial charge in [-0.2, -0.15) is 5.10 Å². The number of hydrogen-bond donors (Lipinski definition) is 3. The first kappa shape index (κ1) is 15.5. The topological polar surface area (TPSA) is 57.5 Å². The minimum Gasteiger partial charge on any atom is -0.268 e. The summed E-state index contributed by atoms with van der Waals surface area (Å²) in [6.45, 7) is 4.10. The van der Waals surface area contributed by atoms with E-state index in [2.05, 4.69) is 33.9 Å². The lowest BCUT2D eigenvalue weighted by atomic mass is 10.2. The summed E-state index contributed by atoms with van der Waals surface area (Å²) in [6.07, 6.45) is 1.70. The first-order chi connectivity index (χ1) is 10.5. The van der Waals surface area contributed by atoms with Gasteiger partial charge in [-0.1, -0.05) is 23.2 Å². The van der Waals surface area contributed by atoms with Crippen LogP contribution in [0.25, 0.3) is 5.69 Å². The summed E-state index contributed by atoms with van der Waals surface area (Å²) in [5.74, 6) is 0.719. The molecule has 0 saturated heterocycles. The molecule has 0 atom stereocenters. The molecule has 0 radical (unpaired) electrons. The second kappa shape index (κ2) is 6.00. The molecule has 1 aromatic carbocycles. The Kier molecular flexibility index (Phi) is 4.22. The molecule has 0 unspecified atom stereocenters. The van der Waals surface area contributed by atoms with E-state index in [-0.39, 0.29) is 6.04 Å². The Labute approximate surface area is 143 Å². The van der Waals surface area contributed by atoms with E-state index in [1.54, 1.807) is 29.1 Å². The largest absolute Gasteiger partial charge is 0.268 e. The van der Waals surface area contributed by atoms with Crippen molar-refractivity contribution in [3.63, 3.8) is 0 Å². The monoisotopic (exact) mass is 356 g/mol. The van der Waals surface area contributed by atoms with Crippen molar-refractivity contribution in [3.05, 3.63) is 40.0 Å². The SMILES string of the molecule is CC(C)N1NNN=C1c1cnn(-c2ccc(Cl)cc2Cl)c1S. The molecule has 0 amide bonds. The Morgan fingerprint density at radius 1 is 1.27 bits per heavy atom. The summed E-state index contributed by atoms with van der Waals surface area (Å²) in [5.41, 5.74) is 7.21. The van der Waals surface area contributed by atoms with E-state index in [0.717, 1.165) is 11.4 Å². The molecule has 116 valence electrons. The second-order valence-corrected chi connectivity index (χ2v) is 6.28. The summed E-state index contributed by atoms with van der Waals surface area (Å²) < 4.78 is 1.65. The predicted molar refractivity (Wildman–Crippen MR) is 90.6 cm³/mol. The second-order valence-electron chi connectivity index (χ2n) is 5.01. The van der Waals surface area contributed by atoms with Crippen molar-refractivity contribution in [2.45, 2.75) is 24.9 Å². The van der Waals surface area contributed by atoms with Gasteiger partial charge in [0.15, 0.2) is 5.84 Å². The lowest BCUT2D eigenvalue weighted by Crippen LogP contribution is -2.45. The number of rotatable bonds is 3. The maximum absolute atomic E-state index is 6.24. The molecule has 1 aromatic heterocycles. The van der Waals surface area contributed by atoms with E-state index in [1.165, 1.54) is 0 Å². The van der Waals surface area contributed by atoms with Crippen LogP contribution in [0.4, 0.5) is 0 Å². The van der Waals surface area contributed by atoms with Crippen molar-refractivity contribution in [2.24, 2.45) is 5.10 Å². The highest BCUT2D eigenvalue weighted by Crippen LogP contribution is 2.28. The van der Waals surface area contributed by atoms with Crippen LogP contribution in [0.15, 0.2) is 34.5 Å². The zero-order valence-corrected chi connectivity index (χ0v) is 14.3. The number of hydrazone groups is 1. The van der Waals surface area contributed by atoms with Crippen molar-refractivity contribution in [3.8, 4) is 5.69 Å². The summed E-state index contributed by atoms with van der Waals surface area (Å²) in [5, 5.41) is 12.2. The summed E-state index contributed by atoms with van der Waals surface area (Å²) in [6, 6.07) is 5.44. The third-order valence-electron chi connectivity index (χ3n) is 3.20. The highest BCUT2D eigenvalue weighted by Gasteiger charge is 2.25. The van der Waals surface area contributed by atoms with E-state index in [9.17, 15) is 0 Å². The minimum atomic E-state index is 0.212. The van der Waals surface area contributed by atoms with E-state index in [1.807, 2.05) is 18.9 Å². The van der Waals surface area contributed by atoms with Crippen LogP contribution in [0.1, 0.15) is 19.4 Å². The van der Waals surface area contributed by atoms with Gasteiger partial charge in [-0.25, -0.2) is 10.2 Å². The molecule has 2 heterocycles. The first-order valence-corrected chi connectivity index (χ1v) is 7.79. The smallest absolute Gasteiger partial charge is 0.177 e. The van der Waals surface area contributed by atoms with Gasteiger partial charge in [0.2, 0.25) is 0 Å². The van der Waals surface area contributed by atoms with Crippen molar-refractivity contribution < 1.29 is 0 Å². The Balaban J connectivity index is 2.03. The molecule has 2 aromatic rings. The van der Waals surface area contributed by atoms with E-state index in [0.29, 0.717) is 20.8 Å². The number of nitrogens with zero attached hydrogens (tertiary/aromatic N) is 4. The van der Waals surface area contributed by atoms with Gasteiger partial charge in [0.05, 0.1) is 22.5 Å². The number of thiol groups is 1. The number of hydrazine groups is 2. The van der Waals surface area contributed by atoms with Crippen LogP contribution in [-0.4, -0.2) is 26.7 Å². The maximum Gasteiger partial charge on any atom is 0.177 e. The standard InChI is InChI=1S/C13H14Cl2N6S/c1-7(2)20-12(17-18-19-20)9-6-16-21(13(9)22)11-4-3-8(14)5-10(11)15/h3-7,18-19,22H,1-2H3. The molecular weight excluding hydrogens is 343 g/mol. The fourth-order valence-electron chi connectivity index (χ4n) is 2.13. The molecular formula is C13H14Cl2N6S. The summed E-state index contributed by atoms with van der Waals surface area (Å²) in [7, 11) is 0. The van der Waals surface area contributed by atoms with E-state index >= 15 is 0 Å². The number of amidine groups is 1. The molecule has 22 heavy (non-hydrogen) atoms.